The Kier molecular flexibility index (Phi) is 6.42. The Balaban J connectivity index is 1.54. The highest BCUT2D eigenvalue weighted by molar-refractivity contribution is 5.90. The number of carbonyl (C=O) groups is 1. The van der Waals surface area contributed by atoms with E-state index in [2.05, 4.69) is 20.8 Å². The molecule has 4 N–H and O–H groups in total. The van der Waals surface area contributed by atoms with E-state index in [4.69, 9.17) is 0 Å². The van der Waals surface area contributed by atoms with Crippen LogP contribution in [-0.4, -0.2) is 49.6 Å². The maximum Gasteiger partial charge on any atom is 0.168 e. The summed E-state index contributed by atoms with van der Waals surface area (Å²) in [6.45, 7) is 12.8. The molecule has 5 heteroatoms. The molecule has 4 aliphatic rings. The number of aliphatic hydroxyl groups excluding tert-OH is 2. The van der Waals surface area contributed by atoms with Gasteiger partial charge in [0.2, 0.25) is 0 Å². The van der Waals surface area contributed by atoms with Gasteiger partial charge in [0.15, 0.2) is 11.4 Å². The summed E-state index contributed by atoms with van der Waals surface area (Å²) in [6.07, 6.45) is 5.52. The summed E-state index contributed by atoms with van der Waals surface area (Å²) in [5.74, 6) is 2.17. The summed E-state index contributed by atoms with van der Waals surface area (Å²) < 4.78 is 0. The van der Waals surface area contributed by atoms with Gasteiger partial charge >= 0.3 is 0 Å². The van der Waals surface area contributed by atoms with E-state index in [0.717, 1.165) is 32.1 Å². The maximum absolute atomic E-state index is 13.4. The topological polar surface area (TPSA) is 98.0 Å². The van der Waals surface area contributed by atoms with Crippen molar-refractivity contribution in [2.24, 2.45) is 46.3 Å². The predicted molar refractivity (Wildman–Crippen MR) is 128 cm³/mol. The average Bonchev–Trinajstić information content (AvgIpc) is 3.09. The van der Waals surface area contributed by atoms with E-state index in [0.29, 0.717) is 37.0 Å². The van der Waals surface area contributed by atoms with Gasteiger partial charge in [-0.05, 0) is 99.7 Å². The second-order valence-electron chi connectivity index (χ2n) is 13.6. The monoisotopic (exact) mass is 464 g/mol. The van der Waals surface area contributed by atoms with Gasteiger partial charge in [-0.15, -0.1) is 0 Å². The molecule has 4 rings (SSSR count). The normalized spacial score (nSPS) is 49.7. The van der Waals surface area contributed by atoms with Crippen LogP contribution in [0.3, 0.4) is 0 Å². The van der Waals surface area contributed by atoms with E-state index in [1.54, 1.807) is 0 Å². The molecule has 4 fully saturated rings. The highest BCUT2D eigenvalue weighted by Gasteiger charge is 2.70. The zero-order valence-corrected chi connectivity index (χ0v) is 21.7. The number of carbonyl (C=O) groups excluding carboxylic acids is 1. The fourth-order valence-electron chi connectivity index (χ4n) is 9.14. The fraction of sp³-hybridized carbons (Fsp3) is 0.964. The van der Waals surface area contributed by atoms with Gasteiger partial charge in [0.05, 0.1) is 11.7 Å². The van der Waals surface area contributed by atoms with Crippen LogP contribution in [0.4, 0.5) is 0 Å². The van der Waals surface area contributed by atoms with Crippen LogP contribution >= 0.6 is 0 Å². The lowest BCUT2D eigenvalue weighted by Gasteiger charge is -2.64. The molecule has 0 heterocycles. The molecule has 0 aromatic rings. The van der Waals surface area contributed by atoms with Gasteiger partial charge in [0.25, 0.3) is 0 Å². The van der Waals surface area contributed by atoms with Gasteiger partial charge in [-0.1, -0.05) is 34.1 Å². The Morgan fingerprint density at radius 3 is 2.30 bits per heavy atom. The number of aliphatic hydroxyl groups is 4. The fourth-order valence-corrected chi connectivity index (χ4v) is 9.14. The van der Waals surface area contributed by atoms with E-state index < -0.39 is 28.8 Å². The first-order valence-electron chi connectivity index (χ1n) is 13.5. The molecule has 0 amide bonds. The minimum Gasteiger partial charge on any atom is -0.390 e. The molecule has 0 aromatic carbocycles. The standard InChI is InChI=1S/C28H48O5/c1-16(7-8-17(2)25(3,4)32)19-9-10-20-18-15-23(30)28(33)24(31)22(29)12-14-27(28,6)21(18)11-13-26(19,20)5/h16-22,24,29,31-33H,7-15H2,1-6H3/t16-,17+,18+,19-,20+,21+,22+,24+,26-,27-,28+/m1/s1. The third-order valence-electron chi connectivity index (χ3n) is 11.7. The van der Waals surface area contributed by atoms with Gasteiger partial charge in [0, 0.05) is 11.8 Å². The Labute approximate surface area is 200 Å². The molecule has 190 valence electrons. The molecule has 0 aromatic heterocycles. The van der Waals surface area contributed by atoms with E-state index in [1.165, 1.54) is 6.42 Å². The molecule has 11 atom stereocenters. The van der Waals surface area contributed by atoms with Crippen molar-refractivity contribution in [2.75, 3.05) is 0 Å². The zero-order valence-electron chi connectivity index (χ0n) is 21.7. The summed E-state index contributed by atoms with van der Waals surface area (Å²) in [5, 5.41) is 42.9. The van der Waals surface area contributed by atoms with Crippen molar-refractivity contribution >= 4 is 5.78 Å². The largest absolute Gasteiger partial charge is 0.390 e. The van der Waals surface area contributed by atoms with E-state index in [9.17, 15) is 25.2 Å². The van der Waals surface area contributed by atoms with Crippen molar-refractivity contribution in [1.29, 1.82) is 0 Å². The van der Waals surface area contributed by atoms with Gasteiger partial charge in [-0.25, -0.2) is 0 Å². The summed E-state index contributed by atoms with van der Waals surface area (Å²) in [6, 6.07) is 0. The minimum atomic E-state index is -1.82. The van der Waals surface area contributed by atoms with E-state index in [-0.39, 0.29) is 29.0 Å². The molecule has 0 unspecified atom stereocenters. The van der Waals surface area contributed by atoms with Crippen molar-refractivity contribution in [3.8, 4) is 0 Å². The highest BCUT2D eigenvalue weighted by atomic mass is 16.4. The first-order valence-corrected chi connectivity index (χ1v) is 13.5. The Morgan fingerprint density at radius 1 is 1.00 bits per heavy atom. The summed E-state index contributed by atoms with van der Waals surface area (Å²) in [4.78, 5) is 13.4. The first-order chi connectivity index (χ1) is 15.2. The molecular weight excluding hydrogens is 416 g/mol. The van der Waals surface area contributed by atoms with Gasteiger partial charge in [-0.2, -0.15) is 0 Å². The Hall–Kier alpha value is -0.490. The third-order valence-corrected chi connectivity index (χ3v) is 11.7. The molecule has 5 nitrogen and oxygen atoms in total. The van der Waals surface area contributed by atoms with Crippen molar-refractivity contribution < 1.29 is 25.2 Å². The zero-order chi connectivity index (χ0) is 24.6. The molecule has 4 aliphatic carbocycles. The number of fused-ring (bicyclic) bond motifs is 5. The highest BCUT2D eigenvalue weighted by Crippen LogP contribution is 2.68. The molecule has 0 saturated heterocycles. The maximum atomic E-state index is 13.4. The van der Waals surface area contributed by atoms with Crippen LogP contribution in [0.25, 0.3) is 0 Å². The van der Waals surface area contributed by atoms with Crippen molar-refractivity contribution in [3.63, 3.8) is 0 Å². The number of hydrogen-bond donors (Lipinski definition) is 4. The number of Topliss-reactive ketones (excluding diaryl/α,β-unsaturated/α-hetero) is 1. The quantitative estimate of drug-likeness (QED) is 0.491. The van der Waals surface area contributed by atoms with Gasteiger partial charge in [0.1, 0.15) is 6.10 Å². The lowest BCUT2D eigenvalue weighted by Crippen LogP contribution is -2.73. The molecule has 4 saturated carbocycles. The van der Waals surface area contributed by atoms with E-state index in [1.807, 2.05) is 20.8 Å². The Bertz CT molecular complexity index is 760. The molecule has 0 bridgehead atoms. The van der Waals surface area contributed by atoms with Crippen LogP contribution in [-0.2, 0) is 4.79 Å². The van der Waals surface area contributed by atoms with Crippen LogP contribution in [0.1, 0.15) is 99.3 Å². The van der Waals surface area contributed by atoms with Crippen LogP contribution in [0.15, 0.2) is 0 Å². The smallest absolute Gasteiger partial charge is 0.168 e. The summed E-state index contributed by atoms with van der Waals surface area (Å²) >= 11 is 0. The lowest BCUT2D eigenvalue weighted by atomic mass is 9.42. The first kappa shape index (κ1) is 25.6. The lowest BCUT2D eigenvalue weighted by molar-refractivity contribution is -0.250. The molecule has 33 heavy (non-hydrogen) atoms. The molecule has 0 spiro atoms. The predicted octanol–water partition coefficient (Wildman–Crippen LogP) is 4.09. The van der Waals surface area contributed by atoms with Crippen molar-refractivity contribution in [2.45, 2.75) is 123 Å². The SMILES string of the molecule is C[C@H](CC[C@H](C)C(C)(C)O)[C@H]1CC[C@H]2[C@@H]3CC(=O)[C@]4(O)[C@@H](O)[C@@H](O)CC[C@]4(C)[C@H]3CC[C@]12C. The third kappa shape index (κ3) is 3.67. The van der Waals surface area contributed by atoms with Crippen molar-refractivity contribution in [3.05, 3.63) is 0 Å². The number of hydrogen-bond acceptors (Lipinski definition) is 5. The summed E-state index contributed by atoms with van der Waals surface area (Å²) in [7, 11) is 0. The van der Waals surface area contributed by atoms with Crippen molar-refractivity contribution in [1.82, 2.24) is 0 Å². The van der Waals surface area contributed by atoms with Gasteiger partial charge < -0.3 is 20.4 Å². The molecule has 0 radical (unpaired) electrons. The van der Waals surface area contributed by atoms with Crippen LogP contribution in [0.5, 0.6) is 0 Å². The summed E-state index contributed by atoms with van der Waals surface area (Å²) in [5.41, 5.74) is -2.93. The Morgan fingerprint density at radius 2 is 1.67 bits per heavy atom. The van der Waals surface area contributed by atoms with Crippen LogP contribution in [0.2, 0.25) is 0 Å². The van der Waals surface area contributed by atoms with E-state index >= 15 is 0 Å². The number of ketones is 1. The second-order valence-corrected chi connectivity index (χ2v) is 13.6. The van der Waals surface area contributed by atoms with Crippen LogP contribution in [0, 0.1) is 46.3 Å². The molecular formula is C28H48O5. The molecule has 0 aliphatic heterocycles. The second kappa shape index (κ2) is 8.28. The number of rotatable bonds is 5. The van der Waals surface area contributed by atoms with Crippen LogP contribution < -0.4 is 0 Å². The minimum absolute atomic E-state index is 0.206. The average molecular weight is 465 g/mol. The van der Waals surface area contributed by atoms with Gasteiger partial charge in [-0.3, -0.25) is 4.79 Å².